The highest BCUT2D eigenvalue weighted by Gasteiger charge is 2.47. The average molecular weight is 1240 g/mol. The molecule has 0 saturated heterocycles. The fourth-order valence-electron chi connectivity index (χ4n) is 11.8. The van der Waals surface area contributed by atoms with E-state index in [2.05, 4.69) is 147 Å². The third-order valence-corrected chi connectivity index (χ3v) is 16.0. The molecule has 16 heteroatoms. The Labute approximate surface area is 531 Å². The van der Waals surface area contributed by atoms with Gasteiger partial charge in [0.05, 0.1) is 164 Å². The van der Waals surface area contributed by atoms with Crippen LogP contribution in [-0.2, 0) is 75.5 Å². The highest BCUT2D eigenvalue weighted by Crippen LogP contribution is 2.58. The van der Waals surface area contributed by atoms with Gasteiger partial charge in [-0.1, -0.05) is 126 Å². The van der Waals surface area contributed by atoms with Crippen LogP contribution in [0.4, 0.5) is 0 Å². The van der Waals surface area contributed by atoms with Crippen molar-refractivity contribution >= 4 is 0 Å². The number of aliphatic hydroxyl groups is 2. The minimum atomic E-state index is -0.930. The molecule has 0 radical (unpaired) electrons. The zero-order chi connectivity index (χ0) is 62.6. The van der Waals surface area contributed by atoms with Crippen molar-refractivity contribution in [3.8, 4) is 44.9 Å². The van der Waals surface area contributed by atoms with Crippen molar-refractivity contribution in [2.75, 3.05) is 173 Å². The van der Waals surface area contributed by atoms with Gasteiger partial charge in [-0.25, -0.2) is 0 Å². The quantitative estimate of drug-likeness (QED) is 0.0346. The molecule has 0 fully saturated rings. The van der Waals surface area contributed by atoms with Gasteiger partial charge in [-0.05, 0) is 122 Å². The van der Waals surface area contributed by atoms with Crippen molar-refractivity contribution in [1.82, 2.24) is 0 Å². The lowest BCUT2D eigenvalue weighted by atomic mass is 9.66. The highest BCUT2D eigenvalue weighted by atomic mass is 16.6. The SMILES string of the molecule is COCCOCCOCCOc1ccc(C2(c3ccc(COCCOCCOCCO)c(COCCOCCOCCO)c3)c3cc(C)ccc3-c3ccc(-c4ccc5c(c4)C(c4ccccc4)c4cc(C)ccc4-5)cc32)cc1OCCOCCOCCOC. The maximum atomic E-state index is 9.17. The number of ether oxygens (including phenoxy) is 14. The van der Waals surface area contributed by atoms with Gasteiger partial charge in [0.2, 0.25) is 0 Å². The van der Waals surface area contributed by atoms with Crippen LogP contribution in [-0.4, -0.2) is 183 Å². The molecule has 90 heavy (non-hydrogen) atoms. The first-order valence-electron chi connectivity index (χ1n) is 31.4. The van der Waals surface area contributed by atoms with E-state index in [1.807, 2.05) is 6.07 Å². The molecule has 0 heterocycles. The number of hydrogen-bond acceptors (Lipinski definition) is 16. The maximum absolute atomic E-state index is 9.17. The summed E-state index contributed by atoms with van der Waals surface area (Å²) in [5.41, 5.74) is 18.5. The van der Waals surface area contributed by atoms with Crippen LogP contribution in [0.15, 0.2) is 140 Å². The zero-order valence-corrected chi connectivity index (χ0v) is 52.9. The Balaban J connectivity index is 1.14. The molecule has 2 N–H and O–H groups in total. The Bertz CT molecular complexity index is 3190. The van der Waals surface area contributed by atoms with Crippen LogP contribution in [0.25, 0.3) is 33.4 Å². The van der Waals surface area contributed by atoms with E-state index in [1.165, 1.54) is 33.4 Å². The molecule has 16 nitrogen and oxygen atoms in total. The molecule has 0 spiro atoms. The summed E-state index contributed by atoms with van der Waals surface area (Å²) in [6, 6.07) is 51.5. The number of rotatable bonds is 44. The molecule has 9 rings (SSSR count). The molecule has 482 valence electrons. The van der Waals surface area contributed by atoms with E-state index < -0.39 is 5.41 Å². The van der Waals surface area contributed by atoms with Gasteiger partial charge in [0.25, 0.3) is 0 Å². The third-order valence-electron chi connectivity index (χ3n) is 16.0. The van der Waals surface area contributed by atoms with Gasteiger partial charge in [-0.3, -0.25) is 0 Å². The summed E-state index contributed by atoms with van der Waals surface area (Å²) < 4.78 is 82.2. The summed E-state index contributed by atoms with van der Waals surface area (Å²) in [6.45, 7) is 13.3. The molecule has 2 atom stereocenters. The summed E-state index contributed by atoms with van der Waals surface area (Å²) >= 11 is 0. The summed E-state index contributed by atoms with van der Waals surface area (Å²) in [7, 11) is 3.31. The molecule has 2 aliphatic rings. The third kappa shape index (κ3) is 18.0. The van der Waals surface area contributed by atoms with Gasteiger partial charge >= 0.3 is 0 Å². The van der Waals surface area contributed by atoms with Crippen molar-refractivity contribution in [1.29, 1.82) is 0 Å². The number of methoxy groups -OCH3 is 2. The van der Waals surface area contributed by atoms with Crippen LogP contribution in [0.3, 0.4) is 0 Å². The van der Waals surface area contributed by atoms with Crippen molar-refractivity contribution in [2.24, 2.45) is 0 Å². The number of fused-ring (bicyclic) bond motifs is 6. The smallest absolute Gasteiger partial charge is 0.161 e. The van der Waals surface area contributed by atoms with Crippen molar-refractivity contribution < 1.29 is 76.5 Å². The van der Waals surface area contributed by atoms with E-state index in [0.717, 1.165) is 61.2 Å². The number of aryl methyl sites for hydroxylation is 2. The second-order valence-corrected chi connectivity index (χ2v) is 22.1. The van der Waals surface area contributed by atoms with Gasteiger partial charge in [-0.15, -0.1) is 0 Å². The van der Waals surface area contributed by atoms with E-state index in [4.69, 9.17) is 76.5 Å². The van der Waals surface area contributed by atoms with Crippen LogP contribution < -0.4 is 9.47 Å². The Morgan fingerprint density at radius 3 is 1.36 bits per heavy atom. The molecule has 0 saturated carbocycles. The lowest BCUT2D eigenvalue weighted by molar-refractivity contribution is 0.00160. The Kier molecular flexibility index (Phi) is 27.6. The van der Waals surface area contributed by atoms with Crippen molar-refractivity contribution in [3.05, 3.63) is 201 Å². The summed E-state index contributed by atoms with van der Waals surface area (Å²) in [4.78, 5) is 0. The van der Waals surface area contributed by atoms with E-state index in [0.29, 0.717) is 137 Å². The summed E-state index contributed by atoms with van der Waals surface area (Å²) in [5, 5.41) is 18.3. The van der Waals surface area contributed by atoms with Crippen LogP contribution in [0, 0.1) is 13.8 Å². The maximum Gasteiger partial charge on any atom is 0.161 e. The molecule has 7 aromatic rings. The highest BCUT2D eigenvalue weighted by molar-refractivity contribution is 5.90. The van der Waals surface area contributed by atoms with Crippen molar-refractivity contribution in [3.63, 3.8) is 0 Å². The normalized spacial score (nSPS) is 14.6. The Morgan fingerprint density at radius 2 is 0.778 bits per heavy atom. The average Bonchev–Trinajstić information content (AvgIpc) is 1.52. The number of hydrogen-bond donors (Lipinski definition) is 2. The topological polar surface area (TPSA) is 170 Å². The minimum Gasteiger partial charge on any atom is -0.487 e. The fourth-order valence-corrected chi connectivity index (χ4v) is 11.8. The molecule has 0 bridgehead atoms. The first-order chi connectivity index (χ1) is 44.4. The second kappa shape index (κ2) is 36.6. The fraction of sp³-hybridized carbons (Fsp3) is 0.432. The van der Waals surface area contributed by atoms with Gasteiger partial charge in [0.1, 0.15) is 13.2 Å². The molecule has 0 amide bonds. The summed E-state index contributed by atoms with van der Waals surface area (Å²) in [6.07, 6.45) is 0. The summed E-state index contributed by atoms with van der Waals surface area (Å²) in [5.74, 6) is 1.21. The molecule has 2 aliphatic carbocycles. The lowest BCUT2D eigenvalue weighted by Crippen LogP contribution is -2.29. The van der Waals surface area contributed by atoms with Gasteiger partial charge in [0.15, 0.2) is 11.5 Å². The molecule has 0 aliphatic heterocycles. The Morgan fingerprint density at radius 1 is 0.344 bits per heavy atom. The van der Waals surface area contributed by atoms with Crippen molar-refractivity contribution in [2.45, 2.75) is 38.4 Å². The van der Waals surface area contributed by atoms with E-state index in [9.17, 15) is 0 Å². The molecular formula is C74H90O16. The predicted molar refractivity (Wildman–Crippen MR) is 346 cm³/mol. The molecule has 7 aromatic carbocycles. The minimum absolute atomic E-state index is 0.0343. The van der Waals surface area contributed by atoms with Crippen LogP contribution in [0.5, 0.6) is 11.5 Å². The predicted octanol–water partition coefficient (Wildman–Crippen LogP) is 10.7. The molecule has 2 unspecified atom stereocenters. The zero-order valence-electron chi connectivity index (χ0n) is 52.9. The first-order valence-corrected chi connectivity index (χ1v) is 31.4. The molecular weight excluding hydrogens is 1140 g/mol. The van der Waals surface area contributed by atoms with E-state index >= 15 is 0 Å². The standard InChI is InChI=1S/C74H90O16/c1-54-10-17-63-64-19-13-57(49-68(64)73(67(63)46-54)56-8-6-5-7-9-56)58-14-20-66-65-18-11-55(2)47-69(65)74(70(66)50-58,61-15-12-59(52-87-40-38-83-32-30-79-24-22-75)60(48-61)53-88-41-39-84-33-31-80-25-23-76)62-16-21-71(89-44-42-85-36-34-81-28-26-77-3)72(51-62)90-45-43-86-37-35-82-29-27-78-4/h5-21,46-51,73,75-76H,22-45,52-53H2,1-4H3. The van der Waals surface area contributed by atoms with E-state index in [-0.39, 0.29) is 52.2 Å². The Hall–Kier alpha value is -6.42. The number of benzene rings is 7. The number of aliphatic hydroxyl groups excluding tert-OH is 2. The van der Waals surface area contributed by atoms with Crippen LogP contribution >= 0.6 is 0 Å². The van der Waals surface area contributed by atoms with Crippen LogP contribution in [0.1, 0.15) is 67.1 Å². The monoisotopic (exact) mass is 1230 g/mol. The van der Waals surface area contributed by atoms with Gasteiger partial charge in [0, 0.05) is 20.1 Å². The largest absolute Gasteiger partial charge is 0.487 e. The van der Waals surface area contributed by atoms with Gasteiger partial charge in [-0.2, -0.15) is 0 Å². The first kappa shape index (κ1) is 68.0. The lowest BCUT2D eigenvalue weighted by Gasteiger charge is -2.35. The second-order valence-electron chi connectivity index (χ2n) is 22.1. The van der Waals surface area contributed by atoms with E-state index in [1.54, 1.807) is 14.2 Å². The van der Waals surface area contributed by atoms with Gasteiger partial charge < -0.3 is 76.5 Å². The molecule has 0 aromatic heterocycles. The van der Waals surface area contributed by atoms with Crippen LogP contribution in [0.2, 0.25) is 0 Å².